The van der Waals surface area contributed by atoms with Gasteiger partial charge in [-0.25, -0.2) is 8.42 Å². The lowest BCUT2D eigenvalue weighted by Crippen LogP contribution is -2.18. The molecule has 1 aromatic rings. The molecule has 6 heteroatoms. The summed E-state index contributed by atoms with van der Waals surface area (Å²) in [6.45, 7) is 0. The second-order valence-electron chi connectivity index (χ2n) is 4.27. The minimum Gasteiger partial charge on any atom is -0.389 e. The Hall–Kier alpha value is -1.14. The summed E-state index contributed by atoms with van der Waals surface area (Å²) < 4.78 is 26.1. The summed E-state index contributed by atoms with van der Waals surface area (Å²) in [7, 11) is -3.25. The van der Waals surface area contributed by atoms with Gasteiger partial charge in [0, 0.05) is 11.3 Å². The van der Waals surface area contributed by atoms with Crippen molar-refractivity contribution in [3.05, 3.63) is 29.8 Å². The first-order valence-corrected chi connectivity index (χ1v) is 7.43. The van der Waals surface area contributed by atoms with Crippen LogP contribution < -0.4 is 10.5 Å². The molecular weight excluding hydrogens is 256 g/mol. The number of hydrogen-bond acceptors (Lipinski definition) is 3. The highest BCUT2D eigenvalue weighted by Crippen LogP contribution is 2.30. The molecule has 0 amide bonds. The van der Waals surface area contributed by atoms with Crippen LogP contribution in [0.5, 0.6) is 0 Å². The van der Waals surface area contributed by atoms with Gasteiger partial charge in [0.25, 0.3) is 0 Å². The Morgan fingerprint density at radius 2 is 2.18 bits per heavy atom. The summed E-state index contributed by atoms with van der Waals surface area (Å²) in [5.41, 5.74) is 6.66. The first-order chi connectivity index (χ1) is 7.96. The van der Waals surface area contributed by atoms with Gasteiger partial charge < -0.3 is 5.73 Å². The third-order valence-electron chi connectivity index (χ3n) is 2.57. The smallest absolute Gasteiger partial charge is 0.232 e. The normalized spacial score (nSPS) is 15.5. The predicted molar refractivity (Wildman–Crippen MR) is 72.5 cm³/mol. The van der Waals surface area contributed by atoms with Crippen molar-refractivity contribution in [2.75, 3.05) is 10.5 Å². The SMILES string of the molecule is NC(=S)c1cccc(NS(=O)(=O)CC2CC2)c1. The molecule has 0 spiro atoms. The highest BCUT2D eigenvalue weighted by molar-refractivity contribution is 7.92. The van der Waals surface area contributed by atoms with Gasteiger partial charge in [0.2, 0.25) is 10.0 Å². The Morgan fingerprint density at radius 1 is 1.47 bits per heavy atom. The molecule has 1 aliphatic carbocycles. The van der Waals surface area contributed by atoms with Gasteiger partial charge in [-0.05, 0) is 30.9 Å². The summed E-state index contributed by atoms with van der Waals surface area (Å²) in [5.74, 6) is 0.524. The summed E-state index contributed by atoms with van der Waals surface area (Å²) in [5, 5.41) is 0. The van der Waals surface area contributed by atoms with E-state index < -0.39 is 10.0 Å². The Balaban J connectivity index is 2.12. The predicted octanol–water partition coefficient (Wildman–Crippen LogP) is 1.47. The molecule has 92 valence electrons. The molecule has 1 aliphatic rings. The van der Waals surface area contributed by atoms with E-state index in [0.717, 1.165) is 12.8 Å². The van der Waals surface area contributed by atoms with Crippen LogP contribution in [0.4, 0.5) is 5.69 Å². The monoisotopic (exact) mass is 270 g/mol. The van der Waals surface area contributed by atoms with Gasteiger partial charge >= 0.3 is 0 Å². The molecule has 0 unspecified atom stereocenters. The maximum atomic E-state index is 11.8. The fraction of sp³-hybridized carbons (Fsp3) is 0.364. The number of sulfonamides is 1. The van der Waals surface area contributed by atoms with E-state index in [9.17, 15) is 8.42 Å². The molecule has 3 N–H and O–H groups in total. The van der Waals surface area contributed by atoms with Crippen LogP contribution in [0.15, 0.2) is 24.3 Å². The first kappa shape index (κ1) is 12.3. The van der Waals surface area contributed by atoms with E-state index in [2.05, 4.69) is 4.72 Å². The topological polar surface area (TPSA) is 72.2 Å². The summed E-state index contributed by atoms with van der Waals surface area (Å²) in [6.07, 6.45) is 2.02. The molecule has 1 aromatic carbocycles. The highest BCUT2D eigenvalue weighted by atomic mass is 32.2. The van der Waals surface area contributed by atoms with Crippen LogP contribution in [0.2, 0.25) is 0 Å². The lowest BCUT2D eigenvalue weighted by Gasteiger charge is -2.08. The van der Waals surface area contributed by atoms with E-state index in [1.54, 1.807) is 24.3 Å². The third-order valence-corrected chi connectivity index (χ3v) is 4.27. The van der Waals surface area contributed by atoms with Crippen LogP contribution in [-0.4, -0.2) is 19.2 Å². The molecule has 0 heterocycles. The maximum absolute atomic E-state index is 11.8. The van der Waals surface area contributed by atoms with Crippen molar-refractivity contribution >= 4 is 32.9 Å². The van der Waals surface area contributed by atoms with Gasteiger partial charge in [-0.1, -0.05) is 24.4 Å². The number of anilines is 1. The van der Waals surface area contributed by atoms with Crippen molar-refractivity contribution < 1.29 is 8.42 Å². The van der Waals surface area contributed by atoms with Crippen LogP contribution >= 0.6 is 12.2 Å². The van der Waals surface area contributed by atoms with E-state index in [1.807, 2.05) is 0 Å². The van der Waals surface area contributed by atoms with E-state index in [1.165, 1.54) is 0 Å². The standard InChI is InChI=1S/C11H14N2O2S2/c12-11(16)9-2-1-3-10(6-9)13-17(14,15)7-8-4-5-8/h1-3,6,8,13H,4-5,7H2,(H2,12,16). The van der Waals surface area contributed by atoms with Gasteiger partial charge in [0.05, 0.1) is 5.75 Å². The highest BCUT2D eigenvalue weighted by Gasteiger charge is 2.27. The van der Waals surface area contributed by atoms with E-state index >= 15 is 0 Å². The third kappa shape index (κ3) is 3.67. The second-order valence-corrected chi connectivity index (χ2v) is 6.48. The first-order valence-electron chi connectivity index (χ1n) is 5.37. The number of nitrogens with two attached hydrogens (primary N) is 1. The van der Waals surface area contributed by atoms with Crippen molar-refractivity contribution in [1.82, 2.24) is 0 Å². The van der Waals surface area contributed by atoms with Crippen LogP contribution in [0.25, 0.3) is 0 Å². The van der Waals surface area contributed by atoms with Crippen LogP contribution in [0, 0.1) is 5.92 Å². The summed E-state index contributed by atoms with van der Waals surface area (Å²) in [6, 6.07) is 6.81. The van der Waals surface area contributed by atoms with Gasteiger partial charge in [0.15, 0.2) is 0 Å². The maximum Gasteiger partial charge on any atom is 0.232 e. The Labute approximate surface area is 106 Å². The Kier molecular flexibility index (Phi) is 3.35. The molecule has 4 nitrogen and oxygen atoms in total. The number of rotatable bonds is 5. The lowest BCUT2D eigenvalue weighted by atomic mass is 10.2. The minimum atomic E-state index is -3.25. The van der Waals surface area contributed by atoms with Crippen molar-refractivity contribution in [1.29, 1.82) is 0 Å². The fourth-order valence-corrected chi connectivity index (χ4v) is 3.20. The van der Waals surface area contributed by atoms with Crippen LogP contribution in [0.1, 0.15) is 18.4 Å². The lowest BCUT2D eigenvalue weighted by molar-refractivity contribution is 0.597. The number of nitrogens with one attached hydrogen (secondary N) is 1. The molecule has 0 aromatic heterocycles. The Morgan fingerprint density at radius 3 is 2.76 bits per heavy atom. The molecule has 1 saturated carbocycles. The molecule has 0 bridgehead atoms. The fourth-order valence-electron chi connectivity index (χ4n) is 1.55. The summed E-state index contributed by atoms with van der Waals surface area (Å²) >= 11 is 4.84. The van der Waals surface area contributed by atoms with E-state index in [-0.39, 0.29) is 10.7 Å². The van der Waals surface area contributed by atoms with Crippen molar-refractivity contribution in [3.8, 4) is 0 Å². The molecule has 0 radical (unpaired) electrons. The van der Waals surface area contributed by atoms with Crippen molar-refractivity contribution in [2.45, 2.75) is 12.8 Å². The average molecular weight is 270 g/mol. The molecule has 2 rings (SSSR count). The summed E-state index contributed by atoms with van der Waals surface area (Å²) in [4.78, 5) is 0.258. The van der Waals surface area contributed by atoms with Gasteiger partial charge in [-0.2, -0.15) is 0 Å². The molecule has 1 fully saturated rings. The zero-order valence-electron chi connectivity index (χ0n) is 9.22. The van der Waals surface area contributed by atoms with Gasteiger partial charge in [-0.15, -0.1) is 0 Å². The van der Waals surface area contributed by atoms with Crippen molar-refractivity contribution in [3.63, 3.8) is 0 Å². The minimum absolute atomic E-state index is 0.199. The zero-order valence-corrected chi connectivity index (χ0v) is 10.9. The molecular formula is C11H14N2O2S2. The molecule has 17 heavy (non-hydrogen) atoms. The van der Waals surface area contributed by atoms with E-state index in [0.29, 0.717) is 17.2 Å². The average Bonchev–Trinajstić information content (AvgIpc) is 3.00. The number of hydrogen-bond donors (Lipinski definition) is 2. The van der Waals surface area contributed by atoms with Crippen LogP contribution in [-0.2, 0) is 10.0 Å². The van der Waals surface area contributed by atoms with Gasteiger partial charge in [0.1, 0.15) is 4.99 Å². The zero-order chi connectivity index (χ0) is 12.5. The van der Waals surface area contributed by atoms with Crippen LogP contribution in [0.3, 0.4) is 0 Å². The second kappa shape index (κ2) is 4.62. The largest absolute Gasteiger partial charge is 0.389 e. The molecule has 0 saturated heterocycles. The quantitative estimate of drug-likeness (QED) is 0.795. The van der Waals surface area contributed by atoms with Gasteiger partial charge in [-0.3, -0.25) is 4.72 Å². The Bertz CT molecular complexity index is 536. The number of thiocarbonyl (C=S) groups is 1. The van der Waals surface area contributed by atoms with Crippen molar-refractivity contribution in [2.24, 2.45) is 11.7 Å². The number of benzene rings is 1. The van der Waals surface area contributed by atoms with E-state index in [4.69, 9.17) is 18.0 Å². The molecule has 0 atom stereocenters. The molecule has 0 aliphatic heterocycles.